The van der Waals surface area contributed by atoms with E-state index in [0.29, 0.717) is 11.7 Å². The number of hydrogen-bond donors (Lipinski definition) is 2. The Morgan fingerprint density at radius 1 is 1.07 bits per heavy atom. The topological polar surface area (TPSA) is 102 Å². The third-order valence-corrected chi connectivity index (χ3v) is 5.17. The third-order valence-electron chi connectivity index (χ3n) is 5.17. The predicted molar refractivity (Wildman–Crippen MR) is 106 cm³/mol. The Bertz CT molecular complexity index is 808. The smallest absolute Gasteiger partial charge is 0.321 e. The lowest BCUT2D eigenvalue weighted by atomic mass is 9.96. The summed E-state index contributed by atoms with van der Waals surface area (Å²) in [5, 5.41) is 17.6. The van der Waals surface area contributed by atoms with Crippen molar-refractivity contribution < 1.29 is 9.59 Å². The maximum Gasteiger partial charge on any atom is 0.321 e. The molecule has 1 aliphatic carbocycles. The Hall–Kier alpha value is -2.77. The highest BCUT2D eigenvalue weighted by Crippen LogP contribution is 2.20. The zero-order valence-electron chi connectivity index (χ0n) is 16.7. The number of urea groups is 1. The van der Waals surface area contributed by atoms with Crippen LogP contribution in [0, 0.1) is 0 Å². The molecule has 0 radical (unpaired) electrons. The number of amides is 3. The summed E-state index contributed by atoms with van der Waals surface area (Å²) < 4.78 is 0. The molecule has 1 aliphatic rings. The molecule has 0 bridgehead atoms. The van der Waals surface area contributed by atoms with Crippen molar-refractivity contribution in [3.8, 4) is 11.4 Å². The van der Waals surface area contributed by atoms with Crippen LogP contribution in [0.1, 0.15) is 70.4 Å². The van der Waals surface area contributed by atoms with Gasteiger partial charge in [0.2, 0.25) is 5.82 Å². The van der Waals surface area contributed by atoms with Gasteiger partial charge in [-0.1, -0.05) is 57.4 Å². The number of carbonyl (C=O) groups is 2. The molecule has 1 fully saturated rings. The highest BCUT2D eigenvalue weighted by Gasteiger charge is 2.22. The number of imide groups is 1. The van der Waals surface area contributed by atoms with Crippen LogP contribution in [0.5, 0.6) is 0 Å². The molecule has 8 heteroatoms. The zero-order chi connectivity index (χ0) is 20.1. The first-order chi connectivity index (χ1) is 13.4. The number of benzene rings is 1. The van der Waals surface area contributed by atoms with Crippen LogP contribution in [-0.2, 0) is 4.79 Å². The zero-order valence-corrected chi connectivity index (χ0v) is 16.7. The van der Waals surface area contributed by atoms with E-state index in [2.05, 4.69) is 39.9 Å². The molecule has 0 unspecified atom stereocenters. The Labute approximate surface area is 165 Å². The summed E-state index contributed by atoms with van der Waals surface area (Å²) in [6.45, 7) is 5.90. The average molecular weight is 384 g/mol. The van der Waals surface area contributed by atoms with E-state index in [-0.39, 0.29) is 6.04 Å². The van der Waals surface area contributed by atoms with E-state index in [0.717, 1.165) is 31.2 Å². The van der Waals surface area contributed by atoms with Gasteiger partial charge in [0.05, 0.1) is 0 Å². The highest BCUT2D eigenvalue weighted by molar-refractivity contribution is 5.96. The van der Waals surface area contributed by atoms with Gasteiger partial charge >= 0.3 is 6.03 Å². The molecule has 28 heavy (non-hydrogen) atoms. The second-order valence-corrected chi connectivity index (χ2v) is 7.68. The van der Waals surface area contributed by atoms with Gasteiger partial charge in [0.1, 0.15) is 6.04 Å². The van der Waals surface area contributed by atoms with Gasteiger partial charge in [0.25, 0.3) is 5.91 Å². The standard InChI is InChI=1S/C20H28N6O2/c1-13(2)15-9-11-16(12-10-15)18-23-25-26(24-18)14(3)19(27)22-20(28)21-17-7-5-4-6-8-17/h9-14,17H,4-8H2,1-3H3,(H2,21,22,27,28)/t14-/m0/s1. The van der Waals surface area contributed by atoms with E-state index in [1.54, 1.807) is 6.92 Å². The van der Waals surface area contributed by atoms with Crippen molar-refractivity contribution >= 4 is 11.9 Å². The van der Waals surface area contributed by atoms with Crippen molar-refractivity contribution in [1.29, 1.82) is 0 Å². The quantitative estimate of drug-likeness (QED) is 0.824. The lowest BCUT2D eigenvalue weighted by Gasteiger charge is -2.22. The van der Waals surface area contributed by atoms with Crippen LogP contribution in [0.25, 0.3) is 11.4 Å². The summed E-state index contributed by atoms with van der Waals surface area (Å²) in [6.07, 6.45) is 5.34. The minimum atomic E-state index is -0.742. The molecule has 0 aliphatic heterocycles. The molecular weight excluding hydrogens is 356 g/mol. The van der Waals surface area contributed by atoms with Crippen LogP contribution < -0.4 is 10.6 Å². The molecule has 0 saturated heterocycles. The fourth-order valence-corrected chi connectivity index (χ4v) is 3.31. The van der Waals surface area contributed by atoms with Crippen molar-refractivity contribution in [3.63, 3.8) is 0 Å². The van der Waals surface area contributed by atoms with Crippen LogP contribution in [0.4, 0.5) is 4.79 Å². The first-order valence-electron chi connectivity index (χ1n) is 9.95. The van der Waals surface area contributed by atoms with E-state index in [9.17, 15) is 9.59 Å². The molecule has 3 amide bonds. The van der Waals surface area contributed by atoms with Gasteiger partial charge < -0.3 is 5.32 Å². The molecule has 0 spiro atoms. The monoisotopic (exact) mass is 384 g/mol. The lowest BCUT2D eigenvalue weighted by molar-refractivity contribution is -0.123. The number of nitrogens with one attached hydrogen (secondary N) is 2. The number of rotatable bonds is 5. The van der Waals surface area contributed by atoms with Crippen molar-refractivity contribution in [2.24, 2.45) is 0 Å². The second-order valence-electron chi connectivity index (χ2n) is 7.68. The molecule has 2 N–H and O–H groups in total. The molecule has 1 heterocycles. The van der Waals surface area contributed by atoms with E-state index in [4.69, 9.17) is 0 Å². The Morgan fingerprint density at radius 3 is 2.39 bits per heavy atom. The van der Waals surface area contributed by atoms with E-state index < -0.39 is 18.0 Å². The molecule has 1 aromatic heterocycles. The first-order valence-corrected chi connectivity index (χ1v) is 9.95. The Morgan fingerprint density at radius 2 is 1.75 bits per heavy atom. The number of aromatic nitrogens is 4. The van der Waals surface area contributed by atoms with Gasteiger partial charge in [-0.3, -0.25) is 10.1 Å². The van der Waals surface area contributed by atoms with Gasteiger partial charge in [-0.2, -0.15) is 4.80 Å². The summed E-state index contributed by atoms with van der Waals surface area (Å²) in [6, 6.07) is 6.89. The minimum absolute atomic E-state index is 0.141. The van der Waals surface area contributed by atoms with Crippen LogP contribution in [0.15, 0.2) is 24.3 Å². The Kier molecular flexibility index (Phi) is 6.38. The summed E-state index contributed by atoms with van der Waals surface area (Å²) in [5.41, 5.74) is 2.06. The van der Waals surface area contributed by atoms with Crippen molar-refractivity contribution in [1.82, 2.24) is 30.8 Å². The largest absolute Gasteiger partial charge is 0.335 e. The lowest BCUT2D eigenvalue weighted by Crippen LogP contribution is -2.47. The normalized spacial score (nSPS) is 16.0. The van der Waals surface area contributed by atoms with E-state index in [1.807, 2.05) is 24.3 Å². The molecule has 1 saturated carbocycles. The minimum Gasteiger partial charge on any atom is -0.335 e. The second kappa shape index (κ2) is 8.95. The molecule has 2 aromatic rings. The van der Waals surface area contributed by atoms with Crippen LogP contribution >= 0.6 is 0 Å². The van der Waals surface area contributed by atoms with Gasteiger partial charge in [-0.05, 0) is 36.5 Å². The van der Waals surface area contributed by atoms with Gasteiger partial charge in [0, 0.05) is 11.6 Å². The summed E-state index contributed by atoms with van der Waals surface area (Å²) in [4.78, 5) is 25.7. The summed E-state index contributed by atoms with van der Waals surface area (Å²) in [7, 11) is 0. The first kappa shape index (κ1) is 20.0. The third kappa shape index (κ3) is 4.94. The molecule has 1 aromatic carbocycles. The molecule has 1 atom stereocenters. The van der Waals surface area contributed by atoms with E-state index >= 15 is 0 Å². The molecule has 150 valence electrons. The van der Waals surface area contributed by atoms with Crippen molar-refractivity contribution in [2.75, 3.05) is 0 Å². The summed E-state index contributed by atoms with van der Waals surface area (Å²) >= 11 is 0. The fourth-order valence-electron chi connectivity index (χ4n) is 3.31. The van der Waals surface area contributed by atoms with Gasteiger partial charge in [-0.25, -0.2) is 4.79 Å². The fraction of sp³-hybridized carbons (Fsp3) is 0.550. The maximum atomic E-state index is 12.4. The van der Waals surface area contributed by atoms with Gasteiger partial charge in [-0.15, -0.1) is 10.2 Å². The SMILES string of the molecule is CC(C)c1ccc(-c2nnn([C@@H](C)C(=O)NC(=O)NC3CCCCC3)n2)cc1. The molecule has 8 nitrogen and oxygen atoms in total. The van der Waals surface area contributed by atoms with Crippen LogP contribution in [0.3, 0.4) is 0 Å². The summed E-state index contributed by atoms with van der Waals surface area (Å²) in [5.74, 6) is 0.426. The average Bonchev–Trinajstić information content (AvgIpc) is 3.18. The van der Waals surface area contributed by atoms with Crippen LogP contribution in [0.2, 0.25) is 0 Å². The predicted octanol–water partition coefficient (Wildman–Crippen LogP) is 3.18. The highest BCUT2D eigenvalue weighted by atomic mass is 16.2. The van der Waals surface area contributed by atoms with Gasteiger partial charge in [0.15, 0.2) is 0 Å². The molecular formula is C20H28N6O2. The van der Waals surface area contributed by atoms with Crippen molar-refractivity contribution in [2.45, 2.75) is 70.9 Å². The number of carbonyl (C=O) groups excluding carboxylic acids is 2. The number of hydrogen-bond acceptors (Lipinski definition) is 5. The van der Waals surface area contributed by atoms with Crippen LogP contribution in [-0.4, -0.2) is 38.2 Å². The van der Waals surface area contributed by atoms with E-state index in [1.165, 1.54) is 16.8 Å². The number of nitrogens with zero attached hydrogens (tertiary/aromatic N) is 4. The maximum absolute atomic E-state index is 12.4. The molecule has 3 rings (SSSR count). The Balaban J connectivity index is 1.58. The van der Waals surface area contributed by atoms with Crippen molar-refractivity contribution in [3.05, 3.63) is 29.8 Å². The number of tetrazole rings is 1.